The summed E-state index contributed by atoms with van der Waals surface area (Å²) >= 11 is 3.43. The van der Waals surface area contributed by atoms with Crippen LogP contribution in [0.1, 0.15) is 11.1 Å². The first kappa shape index (κ1) is 14.5. The first-order chi connectivity index (χ1) is 9.47. The van der Waals surface area contributed by atoms with Crippen molar-refractivity contribution in [3.8, 4) is 0 Å². The molecule has 0 aliphatic heterocycles. The van der Waals surface area contributed by atoms with Gasteiger partial charge in [-0.1, -0.05) is 28.1 Å². The number of nitrogens with zero attached hydrogens (tertiary/aromatic N) is 1. The molecule has 6 heteroatoms. The highest BCUT2D eigenvalue weighted by Crippen LogP contribution is 2.26. The number of hydrogen-bond donors (Lipinski definition) is 1. The second kappa shape index (κ2) is 6.00. The Bertz CT molecular complexity index is 662. The number of nitrogens with one attached hydrogen (secondary N) is 1. The van der Waals surface area contributed by atoms with Crippen LogP contribution in [0.4, 0.5) is 15.8 Å². The number of benzene rings is 2. The van der Waals surface area contributed by atoms with E-state index in [1.54, 1.807) is 0 Å². The molecule has 0 atom stereocenters. The maximum absolute atomic E-state index is 13.2. The van der Waals surface area contributed by atoms with Crippen molar-refractivity contribution in [3.63, 3.8) is 0 Å². The first-order valence-corrected chi connectivity index (χ1v) is 6.69. The minimum atomic E-state index is -0.536. The Labute approximate surface area is 123 Å². The van der Waals surface area contributed by atoms with Gasteiger partial charge in [0.15, 0.2) is 0 Å². The van der Waals surface area contributed by atoms with Gasteiger partial charge in [0.05, 0.1) is 4.92 Å². The molecule has 0 radical (unpaired) electrons. The van der Waals surface area contributed by atoms with Crippen molar-refractivity contribution in [2.24, 2.45) is 0 Å². The SMILES string of the molecule is Cc1ccc(CNc2cc(F)ccc2[N+](=O)[O-])c(Br)c1. The largest absolute Gasteiger partial charge is 0.375 e. The fourth-order valence-electron chi connectivity index (χ4n) is 1.80. The topological polar surface area (TPSA) is 55.2 Å². The number of hydrogen-bond acceptors (Lipinski definition) is 3. The maximum Gasteiger partial charge on any atom is 0.292 e. The quantitative estimate of drug-likeness (QED) is 0.663. The van der Waals surface area contributed by atoms with Crippen LogP contribution in [0, 0.1) is 22.9 Å². The summed E-state index contributed by atoms with van der Waals surface area (Å²) in [5.74, 6) is -0.513. The summed E-state index contributed by atoms with van der Waals surface area (Å²) in [4.78, 5) is 10.4. The van der Waals surface area contributed by atoms with Crippen LogP contribution in [0.3, 0.4) is 0 Å². The highest BCUT2D eigenvalue weighted by molar-refractivity contribution is 9.10. The van der Waals surface area contributed by atoms with Gasteiger partial charge < -0.3 is 5.32 Å². The first-order valence-electron chi connectivity index (χ1n) is 5.90. The Kier molecular flexibility index (Phi) is 4.34. The second-order valence-electron chi connectivity index (χ2n) is 4.37. The van der Waals surface area contributed by atoms with Crippen LogP contribution < -0.4 is 5.32 Å². The standard InChI is InChI=1S/C14H12BrFN2O2/c1-9-2-3-10(12(15)6-9)8-17-13-7-11(16)4-5-14(13)18(19)20/h2-7,17H,8H2,1H3. The van der Waals surface area contributed by atoms with Gasteiger partial charge in [-0.05, 0) is 30.2 Å². The molecule has 0 heterocycles. The summed E-state index contributed by atoms with van der Waals surface area (Å²) in [5, 5.41) is 13.8. The van der Waals surface area contributed by atoms with E-state index in [-0.39, 0.29) is 11.4 Å². The Balaban J connectivity index is 2.22. The summed E-state index contributed by atoms with van der Waals surface area (Å²) in [7, 11) is 0. The van der Waals surface area contributed by atoms with Gasteiger partial charge in [-0.2, -0.15) is 0 Å². The van der Waals surface area contributed by atoms with E-state index in [9.17, 15) is 14.5 Å². The van der Waals surface area contributed by atoms with Crippen LogP contribution in [-0.2, 0) is 6.54 Å². The average molecular weight is 339 g/mol. The van der Waals surface area contributed by atoms with E-state index in [4.69, 9.17) is 0 Å². The van der Waals surface area contributed by atoms with Gasteiger partial charge in [-0.15, -0.1) is 0 Å². The van der Waals surface area contributed by atoms with Gasteiger partial charge >= 0.3 is 0 Å². The lowest BCUT2D eigenvalue weighted by atomic mass is 10.1. The molecule has 0 spiro atoms. The minimum Gasteiger partial charge on any atom is -0.375 e. The van der Waals surface area contributed by atoms with Gasteiger partial charge in [0, 0.05) is 23.2 Å². The molecular weight excluding hydrogens is 327 g/mol. The van der Waals surface area contributed by atoms with E-state index in [0.29, 0.717) is 6.54 Å². The molecule has 0 aliphatic rings. The van der Waals surface area contributed by atoms with Crippen LogP contribution in [0.25, 0.3) is 0 Å². The number of aryl methyl sites for hydroxylation is 1. The third-order valence-electron chi connectivity index (χ3n) is 2.83. The van der Waals surface area contributed by atoms with Gasteiger partial charge in [-0.3, -0.25) is 10.1 Å². The van der Waals surface area contributed by atoms with Crippen molar-refractivity contribution < 1.29 is 9.31 Å². The highest BCUT2D eigenvalue weighted by Gasteiger charge is 2.14. The van der Waals surface area contributed by atoms with Crippen LogP contribution in [0.5, 0.6) is 0 Å². The van der Waals surface area contributed by atoms with Gasteiger partial charge in [0.2, 0.25) is 0 Å². The van der Waals surface area contributed by atoms with Crippen molar-refractivity contribution in [1.29, 1.82) is 0 Å². The van der Waals surface area contributed by atoms with Crippen LogP contribution in [0.15, 0.2) is 40.9 Å². The molecule has 0 saturated carbocycles. The summed E-state index contributed by atoms with van der Waals surface area (Å²) in [6, 6.07) is 9.17. The van der Waals surface area contributed by atoms with Gasteiger partial charge in [0.1, 0.15) is 11.5 Å². The monoisotopic (exact) mass is 338 g/mol. The number of nitro groups is 1. The van der Waals surface area contributed by atoms with E-state index < -0.39 is 10.7 Å². The van der Waals surface area contributed by atoms with Crippen LogP contribution >= 0.6 is 15.9 Å². The smallest absolute Gasteiger partial charge is 0.292 e. The van der Waals surface area contributed by atoms with Crippen LogP contribution in [-0.4, -0.2) is 4.92 Å². The Morgan fingerprint density at radius 2 is 2.05 bits per heavy atom. The van der Waals surface area contributed by atoms with Crippen molar-refractivity contribution in [2.75, 3.05) is 5.32 Å². The fraction of sp³-hybridized carbons (Fsp3) is 0.143. The lowest BCUT2D eigenvalue weighted by molar-refractivity contribution is -0.384. The molecule has 4 nitrogen and oxygen atoms in total. The zero-order valence-corrected chi connectivity index (χ0v) is 12.3. The van der Waals surface area contributed by atoms with E-state index in [0.717, 1.165) is 33.8 Å². The summed E-state index contributed by atoms with van der Waals surface area (Å²) in [6.45, 7) is 2.34. The number of nitro benzene ring substituents is 1. The van der Waals surface area contributed by atoms with Crippen molar-refractivity contribution in [1.82, 2.24) is 0 Å². The van der Waals surface area contributed by atoms with E-state index in [2.05, 4.69) is 21.2 Å². The normalized spacial score (nSPS) is 10.3. The predicted octanol–water partition coefficient (Wildman–Crippen LogP) is 4.42. The van der Waals surface area contributed by atoms with E-state index in [1.165, 1.54) is 0 Å². The zero-order chi connectivity index (χ0) is 14.7. The van der Waals surface area contributed by atoms with Gasteiger partial charge in [0.25, 0.3) is 5.69 Å². The molecule has 0 unspecified atom stereocenters. The molecule has 0 fully saturated rings. The zero-order valence-electron chi connectivity index (χ0n) is 10.7. The number of anilines is 1. The molecule has 2 rings (SSSR count). The molecule has 0 aromatic heterocycles. The third kappa shape index (κ3) is 3.33. The Morgan fingerprint density at radius 3 is 2.70 bits per heavy atom. The van der Waals surface area contributed by atoms with Crippen LogP contribution in [0.2, 0.25) is 0 Å². The molecule has 0 saturated heterocycles. The molecule has 0 bridgehead atoms. The van der Waals surface area contributed by atoms with E-state index in [1.807, 2.05) is 25.1 Å². The fourth-order valence-corrected chi connectivity index (χ4v) is 2.43. The van der Waals surface area contributed by atoms with Gasteiger partial charge in [-0.25, -0.2) is 4.39 Å². The van der Waals surface area contributed by atoms with E-state index >= 15 is 0 Å². The summed E-state index contributed by atoms with van der Waals surface area (Å²) < 4.78 is 14.1. The molecule has 20 heavy (non-hydrogen) atoms. The Hall–Kier alpha value is -1.95. The molecule has 2 aromatic rings. The van der Waals surface area contributed by atoms with Crippen molar-refractivity contribution in [3.05, 3.63) is 67.9 Å². The number of halogens is 2. The molecule has 0 amide bonds. The second-order valence-corrected chi connectivity index (χ2v) is 5.22. The predicted molar refractivity (Wildman–Crippen MR) is 79.3 cm³/mol. The number of rotatable bonds is 4. The minimum absolute atomic E-state index is 0.144. The third-order valence-corrected chi connectivity index (χ3v) is 3.57. The lowest BCUT2D eigenvalue weighted by Crippen LogP contribution is -2.03. The molecule has 0 aliphatic carbocycles. The van der Waals surface area contributed by atoms with Crippen molar-refractivity contribution in [2.45, 2.75) is 13.5 Å². The highest BCUT2D eigenvalue weighted by atomic mass is 79.9. The molecule has 1 N–H and O–H groups in total. The summed E-state index contributed by atoms with van der Waals surface area (Å²) in [6.07, 6.45) is 0. The Morgan fingerprint density at radius 1 is 1.30 bits per heavy atom. The summed E-state index contributed by atoms with van der Waals surface area (Å²) in [5.41, 5.74) is 2.07. The molecule has 2 aromatic carbocycles. The average Bonchev–Trinajstić information content (AvgIpc) is 2.37. The van der Waals surface area contributed by atoms with Crippen molar-refractivity contribution >= 4 is 27.3 Å². The lowest BCUT2D eigenvalue weighted by Gasteiger charge is -2.09. The molecule has 104 valence electrons. The molecular formula is C14H12BrFN2O2. The maximum atomic E-state index is 13.2.